The molecule has 0 radical (unpaired) electrons. The molecular formula is C20H18FN3O3. The second-order valence-corrected chi connectivity index (χ2v) is 7.82. The molecule has 1 aliphatic rings. The van der Waals surface area contributed by atoms with Crippen molar-refractivity contribution in [3.8, 4) is 5.69 Å². The second-order valence-electron chi connectivity index (χ2n) is 7.82. The number of pyridine rings is 1. The Labute approximate surface area is 154 Å². The van der Waals surface area contributed by atoms with Crippen LogP contribution in [0.3, 0.4) is 0 Å². The maximum absolute atomic E-state index is 14.7. The Hall–Kier alpha value is -3.09. The number of aldehydes is 1. The number of ketones is 1. The van der Waals surface area contributed by atoms with Crippen molar-refractivity contribution in [1.82, 2.24) is 14.8 Å². The third-order valence-corrected chi connectivity index (χ3v) is 4.99. The maximum atomic E-state index is 14.7. The van der Waals surface area contributed by atoms with Crippen LogP contribution in [0.1, 0.15) is 52.5 Å². The SMILES string of the molecule is Cc1nn(-c2cc(F)c3c(=O)[nH]c(C=O)cc3c2)c2c1C(=O)CC(C)(C)C2. The molecule has 0 unspecified atom stereocenters. The van der Waals surface area contributed by atoms with Gasteiger partial charge < -0.3 is 4.98 Å². The zero-order chi connectivity index (χ0) is 19.5. The number of rotatable bonds is 2. The van der Waals surface area contributed by atoms with E-state index in [1.807, 2.05) is 13.8 Å². The van der Waals surface area contributed by atoms with Crippen molar-refractivity contribution in [2.45, 2.75) is 33.6 Å². The van der Waals surface area contributed by atoms with Crippen LogP contribution in [0.4, 0.5) is 4.39 Å². The molecule has 1 N–H and O–H groups in total. The number of hydrogen-bond donors (Lipinski definition) is 1. The average molecular weight is 367 g/mol. The minimum absolute atomic E-state index is 0.0333. The summed E-state index contributed by atoms with van der Waals surface area (Å²) in [4.78, 5) is 38.0. The topological polar surface area (TPSA) is 84.8 Å². The van der Waals surface area contributed by atoms with E-state index in [0.29, 0.717) is 41.5 Å². The van der Waals surface area contributed by atoms with Gasteiger partial charge in [-0.25, -0.2) is 9.07 Å². The van der Waals surface area contributed by atoms with E-state index in [-0.39, 0.29) is 22.3 Å². The van der Waals surface area contributed by atoms with Gasteiger partial charge in [0, 0.05) is 12.5 Å². The van der Waals surface area contributed by atoms with Crippen LogP contribution in [-0.2, 0) is 6.42 Å². The van der Waals surface area contributed by atoms with E-state index in [0.717, 1.165) is 5.69 Å². The monoisotopic (exact) mass is 367 g/mol. The highest BCUT2D eigenvalue weighted by Crippen LogP contribution is 2.37. The molecule has 7 heteroatoms. The van der Waals surface area contributed by atoms with Gasteiger partial charge >= 0.3 is 0 Å². The molecule has 1 aromatic carbocycles. The lowest BCUT2D eigenvalue weighted by Crippen LogP contribution is -2.28. The quantitative estimate of drug-likeness (QED) is 0.705. The number of aromatic amines is 1. The van der Waals surface area contributed by atoms with Gasteiger partial charge in [-0.1, -0.05) is 13.8 Å². The predicted octanol–water partition coefficient (Wildman–Crippen LogP) is 3.13. The van der Waals surface area contributed by atoms with Gasteiger partial charge in [-0.05, 0) is 36.3 Å². The zero-order valence-corrected chi connectivity index (χ0v) is 15.2. The fraction of sp³-hybridized carbons (Fsp3) is 0.300. The Kier molecular flexibility index (Phi) is 3.66. The first kappa shape index (κ1) is 17.3. The molecule has 0 aliphatic heterocycles. The van der Waals surface area contributed by atoms with Gasteiger partial charge in [0.1, 0.15) is 5.82 Å². The Morgan fingerprint density at radius 2 is 1.96 bits per heavy atom. The minimum Gasteiger partial charge on any atom is -0.319 e. The Morgan fingerprint density at radius 1 is 1.22 bits per heavy atom. The van der Waals surface area contributed by atoms with Gasteiger partial charge in [0.05, 0.1) is 33.7 Å². The molecule has 27 heavy (non-hydrogen) atoms. The lowest BCUT2D eigenvalue weighted by Gasteiger charge is -2.29. The summed E-state index contributed by atoms with van der Waals surface area (Å²) in [5.74, 6) is -0.671. The van der Waals surface area contributed by atoms with E-state index >= 15 is 0 Å². The van der Waals surface area contributed by atoms with Crippen LogP contribution in [0, 0.1) is 18.2 Å². The summed E-state index contributed by atoms with van der Waals surface area (Å²) in [6.07, 6.45) is 1.58. The summed E-state index contributed by atoms with van der Waals surface area (Å²) < 4.78 is 16.3. The van der Waals surface area contributed by atoms with Crippen molar-refractivity contribution in [1.29, 1.82) is 0 Å². The highest BCUT2D eigenvalue weighted by molar-refractivity contribution is 6.00. The van der Waals surface area contributed by atoms with E-state index in [4.69, 9.17) is 0 Å². The molecule has 0 saturated heterocycles. The van der Waals surface area contributed by atoms with Gasteiger partial charge in [-0.3, -0.25) is 14.4 Å². The van der Waals surface area contributed by atoms with Gasteiger partial charge in [0.25, 0.3) is 5.56 Å². The first-order chi connectivity index (χ1) is 12.7. The molecule has 0 saturated carbocycles. The predicted molar refractivity (Wildman–Crippen MR) is 98.2 cm³/mol. The van der Waals surface area contributed by atoms with Crippen LogP contribution >= 0.6 is 0 Å². The van der Waals surface area contributed by atoms with Crippen molar-refractivity contribution in [2.75, 3.05) is 0 Å². The van der Waals surface area contributed by atoms with Crippen molar-refractivity contribution in [3.63, 3.8) is 0 Å². The molecule has 1 aliphatic carbocycles. The first-order valence-electron chi connectivity index (χ1n) is 8.64. The second kappa shape index (κ2) is 5.70. The molecule has 0 amide bonds. The molecule has 0 atom stereocenters. The van der Waals surface area contributed by atoms with Crippen LogP contribution < -0.4 is 5.56 Å². The molecule has 2 aromatic heterocycles. The Morgan fingerprint density at radius 3 is 2.67 bits per heavy atom. The largest absolute Gasteiger partial charge is 0.319 e. The van der Waals surface area contributed by atoms with Gasteiger partial charge in [-0.2, -0.15) is 5.10 Å². The van der Waals surface area contributed by atoms with Crippen LogP contribution in [0.5, 0.6) is 0 Å². The summed E-state index contributed by atoms with van der Waals surface area (Å²) in [7, 11) is 0. The number of halogens is 1. The van der Waals surface area contributed by atoms with Crippen molar-refractivity contribution >= 4 is 22.8 Å². The standard InChI is InChI=1S/C20H18FN3O3/c1-10-17-15(7-20(2,3)8-16(17)26)24(23-10)13-5-11-4-12(9-25)22-19(27)18(11)14(21)6-13/h4-6,9H,7-8H2,1-3H3,(H,22,27). The van der Waals surface area contributed by atoms with Crippen LogP contribution in [-0.4, -0.2) is 26.8 Å². The highest BCUT2D eigenvalue weighted by atomic mass is 19.1. The van der Waals surface area contributed by atoms with Gasteiger partial charge in [0.2, 0.25) is 0 Å². The number of aromatic nitrogens is 3. The third kappa shape index (κ3) is 2.70. The summed E-state index contributed by atoms with van der Waals surface area (Å²) in [6.45, 7) is 5.78. The number of aryl methyl sites for hydroxylation is 1. The van der Waals surface area contributed by atoms with E-state index in [1.54, 1.807) is 17.7 Å². The number of carbonyl (C=O) groups excluding carboxylic acids is 2. The Bertz CT molecular complexity index is 1190. The number of H-pyrrole nitrogens is 1. The number of carbonyl (C=O) groups is 2. The van der Waals surface area contributed by atoms with Crippen LogP contribution in [0.15, 0.2) is 23.0 Å². The third-order valence-electron chi connectivity index (χ3n) is 4.99. The van der Waals surface area contributed by atoms with Crippen LogP contribution in [0.2, 0.25) is 0 Å². The molecular weight excluding hydrogens is 349 g/mol. The lowest BCUT2D eigenvalue weighted by molar-refractivity contribution is 0.0910. The summed E-state index contributed by atoms with van der Waals surface area (Å²) in [6, 6.07) is 4.27. The van der Waals surface area contributed by atoms with Crippen LogP contribution in [0.25, 0.3) is 16.5 Å². The highest BCUT2D eigenvalue weighted by Gasteiger charge is 2.35. The van der Waals surface area contributed by atoms with E-state index in [1.165, 1.54) is 12.1 Å². The van der Waals surface area contributed by atoms with E-state index < -0.39 is 11.4 Å². The van der Waals surface area contributed by atoms with Crippen molar-refractivity contribution in [2.24, 2.45) is 5.41 Å². The van der Waals surface area contributed by atoms with Gasteiger partial charge in [-0.15, -0.1) is 0 Å². The molecule has 4 rings (SSSR count). The number of hydrogen-bond acceptors (Lipinski definition) is 4. The molecule has 138 valence electrons. The number of nitrogens with zero attached hydrogens (tertiary/aromatic N) is 2. The number of nitrogens with one attached hydrogen (secondary N) is 1. The molecule has 0 bridgehead atoms. The number of fused-ring (bicyclic) bond motifs is 2. The minimum atomic E-state index is -0.704. The Balaban J connectivity index is 1.99. The molecule has 3 aromatic rings. The van der Waals surface area contributed by atoms with Gasteiger partial charge in [0.15, 0.2) is 12.1 Å². The maximum Gasteiger partial charge on any atom is 0.259 e. The van der Waals surface area contributed by atoms with Crippen molar-refractivity contribution in [3.05, 3.63) is 57.0 Å². The fourth-order valence-corrected chi connectivity index (χ4v) is 3.90. The molecule has 0 spiro atoms. The molecule has 2 heterocycles. The van der Waals surface area contributed by atoms with E-state index in [2.05, 4.69) is 10.1 Å². The molecule has 0 fully saturated rings. The summed E-state index contributed by atoms with van der Waals surface area (Å²) in [5, 5.41) is 4.66. The number of benzene rings is 1. The van der Waals surface area contributed by atoms with E-state index in [9.17, 15) is 18.8 Å². The summed E-state index contributed by atoms with van der Waals surface area (Å²) in [5.41, 5.74) is 1.55. The lowest BCUT2D eigenvalue weighted by atomic mass is 9.75. The first-order valence-corrected chi connectivity index (χ1v) is 8.64. The molecule has 6 nitrogen and oxygen atoms in total. The summed E-state index contributed by atoms with van der Waals surface area (Å²) >= 11 is 0. The zero-order valence-electron chi connectivity index (χ0n) is 15.2. The normalized spacial score (nSPS) is 15.8. The number of Topliss-reactive ketones (excluding diaryl/α,β-unsaturated/α-hetero) is 1. The fourth-order valence-electron chi connectivity index (χ4n) is 3.90. The van der Waals surface area contributed by atoms with Crippen molar-refractivity contribution < 1.29 is 14.0 Å². The average Bonchev–Trinajstić information content (AvgIpc) is 2.89. The smallest absolute Gasteiger partial charge is 0.259 e.